The summed E-state index contributed by atoms with van der Waals surface area (Å²) in [4.78, 5) is 19.4. The highest BCUT2D eigenvalue weighted by Gasteiger charge is 2.01. The van der Waals surface area contributed by atoms with Crippen molar-refractivity contribution >= 4 is 11.9 Å². The summed E-state index contributed by atoms with van der Waals surface area (Å²) in [5, 5.41) is 5.67. The molecule has 0 unspecified atom stereocenters. The molecule has 0 aliphatic heterocycles. The van der Waals surface area contributed by atoms with Crippen molar-refractivity contribution in [2.45, 2.75) is 6.42 Å². The topological polar surface area (TPSA) is 85.4 Å². The van der Waals surface area contributed by atoms with E-state index in [2.05, 4.69) is 20.6 Å². The number of rotatable bonds is 8. The minimum Gasteiger partial charge on any atom is -0.494 e. The molecule has 0 fully saturated rings. The largest absolute Gasteiger partial charge is 0.494 e. The normalized spacial score (nSPS) is 9.89. The van der Waals surface area contributed by atoms with Gasteiger partial charge < -0.3 is 20.1 Å². The minimum atomic E-state index is -0.0342. The van der Waals surface area contributed by atoms with Crippen molar-refractivity contribution in [3.8, 4) is 5.75 Å². The van der Waals surface area contributed by atoms with Crippen LogP contribution in [-0.4, -0.2) is 49.8 Å². The number of ether oxygens (including phenoxy) is 2. The van der Waals surface area contributed by atoms with Crippen LogP contribution in [0.25, 0.3) is 0 Å². The highest BCUT2D eigenvalue weighted by atomic mass is 16.5. The van der Waals surface area contributed by atoms with E-state index in [0.29, 0.717) is 37.8 Å². The predicted octanol–water partition coefficient (Wildman–Crippen LogP) is 0.0498. The molecule has 1 aromatic heterocycles. The second-order valence-electron chi connectivity index (χ2n) is 3.47. The number of methoxy groups -OCH3 is 2. The Morgan fingerprint density at radius 3 is 2.61 bits per heavy atom. The van der Waals surface area contributed by atoms with Gasteiger partial charge in [0.1, 0.15) is 0 Å². The number of aromatic nitrogens is 2. The van der Waals surface area contributed by atoms with Crippen LogP contribution in [0, 0.1) is 0 Å². The van der Waals surface area contributed by atoms with E-state index in [4.69, 9.17) is 9.47 Å². The van der Waals surface area contributed by atoms with E-state index >= 15 is 0 Å². The second-order valence-corrected chi connectivity index (χ2v) is 3.47. The van der Waals surface area contributed by atoms with Crippen LogP contribution in [0.2, 0.25) is 0 Å². The zero-order valence-corrected chi connectivity index (χ0v) is 10.6. The quantitative estimate of drug-likeness (QED) is 0.638. The highest BCUT2D eigenvalue weighted by molar-refractivity contribution is 5.76. The fraction of sp³-hybridized carbons (Fsp3) is 0.545. The van der Waals surface area contributed by atoms with Crippen molar-refractivity contribution in [1.82, 2.24) is 15.3 Å². The van der Waals surface area contributed by atoms with E-state index < -0.39 is 0 Å². The number of amides is 1. The summed E-state index contributed by atoms with van der Waals surface area (Å²) in [6, 6.07) is 0. The summed E-state index contributed by atoms with van der Waals surface area (Å²) in [5.74, 6) is 1.03. The third-order valence-electron chi connectivity index (χ3n) is 2.13. The lowest BCUT2D eigenvalue weighted by molar-refractivity contribution is -0.121. The monoisotopic (exact) mass is 254 g/mol. The molecule has 0 spiro atoms. The van der Waals surface area contributed by atoms with Gasteiger partial charge in [-0.15, -0.1) is 0 Å². The second kappa shape index (κ2) is 8.24. The van der Waals surface area contributed by atoms with Crippen LogP contribution < -0.4 is 15.4 Å². The summed E-state index contributed by atoms with van der Waals surface area (Å²) in [6.07, 6.45) is 3.49. The number of nitrogens with one attached hydrogen (secondary N) is 2. The summed E-state index contributed by atoms with van der Waals surface area (Å²) in [6.45, 7) is 1.51. The summed E-state index contributed by atoms with van der Waals surface area (Å²) >= 11 is 0. The first-order chi connectivity index (χ1) is 8.76. The Morgan fingerprint density at radius 1 is 1.28 bits per heavy atom. The Hall–Kier alpha value is -1.89. The Kier molecular flexibility index (Phi) is 6.49. The zero-order chi connectivity index (χ0) is 13.2. The van der Waals surface area contributed by atoms with Crippen molar-refractivity contribution in [3.63, 3.8) is 0 Å². The van der Waals surface area contributed by atoms with Gasteiger partial charge in [0.05, 0.1) is 26.1 Å². The lowest BCUT2D eigenvalue weighted by Gasteiger charge is -2.06. The maximum absolute atomic E-state index is 11.3. The number of carbonyl (C=O) groups is 1. The Balaban J connectivity index is 2.18. The summed E-state index contributed by atoms with van der Waals surface area (Å²) < 4.78 is 9.76. The molecule has 0 radical (unpaired) electrons. The molecule has 18 heavy (non-hydrogen) atoms. The molecule has 0 saturated carbocycles. The van der Waals surface area contributed by atoms with Crippen molar-refractivity contribution in [2.75, 3.05) is 39.2 Å². The van der Waals surface area contributed by atoms with E-state index in [9.17, 15) is 4.79 Å². The first-order valence-corrected chi connectivity index (χ1v) is 5.62. The van der Waals surface area contributed by atoms with Gasteiger partial charge in [-0.05, 0) is 0 Å². The van der Waals surface area contributed by atoms with Gasteiger partial charge in [-0.3, -0.25) is 4.79 Å². The van der Waals surface area contributed by atoms with Gasteiger partial charge in [-0.25, -0.2) is 9.97 Å². The molecule has 0 bridgehead atoms. The minimum absolute atomic E-state index is 0.0342. The van der Waals surface area contributed by atoms with Crippen LogP contribution in [0.4, 0.5) is 5.95 Å². The molecule has 7 heteroatoms. The fourth-order valence-corrected chi connectivity index (χ4v) is 1.18. The lowest BCUT2D eigenvalue weighted by Crippen LogP contribution is -2.28. The van der Waals surface area contributed by atoms with Crippen molar-refractivity contribution in [2.24, 2.45) is 0 Å². The Morgan fingerprint density at radius 2 is 2.00 bits per heavy atom. The number of hydrogen-bond donors (Lipinski definition) is 2. The van der Waals surface area contributed by atoms with E-state index in [1.54, 1.807) is 26.6 Å². The molecule has 1 rings (SSSR count). The molecule has 0 atom stereocenters. The SMILES string of the molecule is COCCNC(=O)CCNc1ncc(OC)cn1. The third-order valence-corrected chi connectivity index (χ3v) is 2.13. The summed E-state index contributed by atoms with van der Waals surface area (Å²) in [7, 11) is 3.14. The third kappa shape index (κ3) is 5.44. The van der Waals surface area contributed by atoms with Crippen LogP contribution in [0.5, 0.6) is 5.75 Å². The molecule has 0 aliphatic carbocycles. The standard InChI is InChI=1S/C11H18N4O3/c1-17-6-5-12-10(16)3-4-13-11-14-7-9(18-2)8-15-11/h7-8H,3-6H2,1-2H3,(H,12,16)(H,13,14,15). The lowest BCUT2D eigenvalue weighted by atomic mass is 10.4. The maximum Gasteiger partial charge on any atom is 0.222 e. The molecule has 7 nitrogen and oxygen atoms in total. The van der Waals surface area contributed by atoms with Crippen molar-refractivity contribution < 1.29 is 14.3 Å². The van der Waals surface area contributed by atoms with E-state index in [0.717, 1.165) is 0 Å². The van der Waals surface area contributed by atoms with Gasteiger partial charge >= 0.3 is 0 Å². The first-order valence-electron chi connectivity index (χ1n) is 5.62. The van der Waals surface area contributed by atoms with Gasteiger partial charge in [-0.1, -0.05) is 0 Å². The molecule has 100 valence electrons. The molecular weight excluding hydrogens is 236 g/mol. The van der Waals surface area contributed by atoms with Gasteiger partial charge in [0.25, 0.3) is 0 Å². The van der Waals surface area contributed by atoms with Gasteiger partial charge in [0.15, 0.2) is 5.75 Å². The van der Waals surface area contributed by atoms with Crippen LogP contribution in [0.15, 0.2) is 12.4 Å². The van der Waals surface area contributed by atoms with Crippen LogP contribution >= 0.6 is 0 Å². The van der Waals surface area contributed by atoms with Crippen LogP contribution in [0.1, 0.15) is 6.42 Å². The summed E-state index contributed by atoms with van der Waals surface area (Å²) in [5.41, 5.74) is 0. The number of nitrogens with zero attached hydrogens (tertiary/aromatic N) is 2. The van der Waals surface area contributed by atoms with Crippen LogP contribution in [-0.2, 0) is 9.53 Å². The highest BCUT2D eigenvalue weighted by Crippen LogP contribution is 2.06. The average molecular weight is 254 g/mol. The van der Waals surface area contributed by atoms with Crippen LogP contribution in [0.3, 0.4) is 0 Å². The molecule has 0 aromatic carbocycles. The Labute approximate surface area is 106 Å². The zero-order valence-electron chi connectivity index (χ0n) is 10.6. The fourth-order valence-electron chi connectivity index (χ4n) is 1.18. The first kappa shape index (κ1) is 14.2. The molecule has 1 aromatic rings. The number of hydrogen-bond acceptors (Lipinski definition) is 6. The Bertz CT molecular complexity index is 356. The van der Waals surface area contributed by atoms with E-state index in [1.165, 1.54) is 0 Å². The van der Waals surface area contributed by atoms with E-state index in [1.807, 2.05) is 0 Å². The van der Waals surface area contributed by atoms with Crippen molar-refractivity contribution in [1.29, 1.82) is 0 Å². The molecule has 2 N–H and O–H groups in total. The van der Waals surface area contributed by atoms with Crippen molar-refractivity contribution in [3.05, 3.63) is 12.4 Å². The maximum atomic E-state index is 11.3. The van der Waals surface area contributed by atoms with Gasteiger partial charge in [0.2, 0.25) is 11.9 Å². The molecule has 1 heterocycles. The smallest absolute Gasteiger partial charge is 0.222 e. The molecular formula is C11H18N4O3. The number of carbonyl (C=O) groups excluding carboxylic acids is 1. The molecule has 0 aliphatic rings. The number of anilines is 1. The van der Waals surface area contributed by atoms with Gasteiger partial charge in [-0.2, -0.15) is 0 Å². The molecule has 0 saturated heterocycles. The average Bonchev–Trinajstić information content (AvgIpc) is 2.40. The van der Waals surface area contributed by atoms with Gasteiger partial charge in [0, 0.05) is 26.6 Å². The predicted molar refractivity (Wildman–Crippen MR) is 66.6 cm³/mol. The molecule has 1 amide bonds. The van der Waals surface area contributed by atoms with E-state index in [-0.39, 0.29) is 5.91 Å².